The second kappa shape index (κ2) is 9.09. The van der Waals surface area contributed by atoms with E-state index in [1.165, 1.54) is 0 Å². The molecule has 2 aliphatic heterocycles. The Bertz CT molecular complexity index is 492. The van der Waals surface area contributed by atoms with Crippen LogP contribution >= 0.6 is 11.8 Å². The average molecular weight is 412 g/mol. The summed E-state index contributed by atoms with van der Waals surface area (Å²) in [6.45, 7) is 7.33. The minimum Gasteiger partial charge on any atom is -0.598 e. The van der Waals surface area contributed by atoms with Crippen LogP contribution in [0.1, 0.15) is 34.1 Å². The van der Waals surface area contributed by atoms with E-state index in [9.17, 15) is 24.3 Å². The topological polar surface area (TPSA) is 105 Å². The normalized spacial score (nSPS) is 44.8. The predicted molar refractivity (Wildman–Crippen MR) is 102 cm³/mol. The summed E-state index contributed by atoms with van der Waals surface area (Å²) in [7, 11) is 0. The number of rotatable bonds is 2. The first-order valence-electron chi connectivity index (χ1n) is 8.82. The largest absolute Gasteiger partial charge is 0.598 e. The molecule has 9 atom stereocenters. The lowest BCUT2D eigenvalue weighted by Crippen LogP contribution is -2.64. The maximum Gasteiger partial charge on any atom is 0.136 e. The SMILES string of the molecule is C[C@@H]1/C=C\CC(F)CSC2O[C@@H](C(O)C(O)[C@H]2O)[C@@H]1N[S+]([O-])C(C)(C)C. The van der Waals surface area contributed by atoms with Gasteiger partial charge in [-0.1, -0.05) is 19.1 Å². The lowest BCUT2D eigenvalue weighted by Gasteiger charge is -2.44. The van der Waals surface area contributed by atoms with Crippen LogP contribution in [0.4, 0.5) is 4.39 Å². The van der Waals surface area contributed by atoms with Gasteiger partial charge in [0.2, 0.25) is 0 Å². The fraction of sp³-hybridized carbons (Fsp3) is 0.882. The zero-order chi connectivity index (χ0) is 19.6. The summed E-state index contributed by atoms with van der Waals surface area (Å²) in [6.07, 6.45) is -2.32. The number of aliphatic hydroxyl groups is 3. The Morgan fingerprint density at radius 3 is 2.50 bits per heavy atom. The van der Waals surface area contributed by atoms with Crippen LogP contribution in [-0.4, -0.2) is 72.4 Å². The number of hydrogen-bond acceptors (Lipinski definition) is 7. The highest BCUT2D eigenvalue weighted by molar-refractivity contribution is 7.99. The van der Waals surface area contributed by atoms with E-state index in [0.717, 1.165) is 11.8 Å². The van der Waals surface area contributed by atoms with Crippen LogP contribution in [0.2, 0.25) is 0 Å². The van der Waals surface area contributed by atoms with Crippen molar-refractivity contribution in [3.05, 3.63) is 12.2 Å². The molecule has 2 aliphatic rings. The number of allylic oxidation sites excluding steroid dienone is 1. The molecule has 0 amide bonds. The van der Waals surface area contributed by atoms with Gasteiger partial charge in [-0.05, 0) is 33.1 Å². The van der Waals surface area contributed by atoms with Crippen LogP contribution in [0.15, 0.2) is 12.2 Å². The van der Waals surface area contributed by atoms with E-state index in [-0.39, 0.29) is 18.1 Å². The summed E-state index contributed by atoms with van der Waals surface area (Å²) in [5.41, 5.74) is -0.866. The van der Waals surface area contributed by atoms with E-state index < -0.39 is 58.2 Å². The molecule has 0 radical (unpaired) electrons. The first-order chi connectivity index (χ1) is 12.0. The molecule has 4 N–H and O–H groups in total. The molecule has 6 nitrogen and oxygen atoms in total. The van der Waals surface area contributed by atoms with E-state index in [1.54, 1.807) is 6.08 Å². The van der Waals surface area contributed by atoms with E-state index in [4.69, 9.17) is 4.74 Å². The van der Waals surface area contributed by atoms with Crippen molar-refractivity contribution in [3.63, 3.8) is 0 Å². The van der Waals surface area contributed by atoms with Crippen LogP contribution in [-0.2, 0) is 16.1 Å². The van der Waals surface area contributed by atoms with Crippen molar-refractivity contribution in [1.29, 1.82) is 0 Å². The molecule has 2 bridgehead atoms. The third-order valence-electron chi connectivity index (χ3n) is 4.60. The molecule has 2 rings (SSSR count). The Kier molecular flexibility index (Phi) is 7.83. The van der Waals surface area contributed by atoms with Gasteiger partial charge >= 0.3 is 0 Å². The molecule has 1 saturated heterocycles. The van der Waals surface area contributed by atoms with E-state index in [1.807, 2.05) is 33.8 Å². The zero-order valence-electron chi connectivity index (χ0n) is 15.5. The fourth-order valence-corrected chi connectivity index (χ4v) is 4.96. The van der Waals surface area contributed by atoms with Crippen LogP contribution < -0.4 is 4.72 Å². The molecule has 5 unspecified atom stereocenters. The van der Waals surface area contributed by atoms with Gasteiger partial charge in [-0.15, -0.1) is 16.5 Å². The van der Waals surface area contributed by atoms with Crippen molar-refractivity contribution in [2.75, 3.05) is 5.75 Å². The Balaban J connectivity index is 2.33. The van der Waals surface area contributed by atoms with Crippen molar-refractivity contribution in [2.24, 2.45) is 5.92 Å². The molecular weight excluding hydrogens is 381 g/mol. The number of alkyl halides is 1. The monoisotopic (exact) mass is 411 g/mol. The Labute approximate surface area is 161 Å². The molecule has 0 aromatic carbocycles. The highest BCUT2D eigenvalue weighted by atomic mass is 32.2. The van der Waals surface area contributed by atoms with Gasteiger partial charge < -0.3 is 24.6 Å². The number of thioether (sulfide) groups is 1. The predicted octanol–water partition coefficient (Wildman–Crippen LogP) is 0.882. The molecular formula is C17H30FNO5S2. The number of nitrogens with one attached hydrogen (secondary N) is 1. The van der Waals surface area contributed by atoms with Crippen molar-refractivity contribution < 1.29 is 29.0 Å². The van der Waals surface area contributed by atoms with Crippen molar-refractivity contribution in [3.8, 4) is 0 Å². The standard InChI is InChI=1S/C17H30FNO5S2/c1-9-6-5-7-10(18)8-25-16-14(22)12(20)13(21)15(24-16)11(9)19-26(23)17(2,3)4/h5-6,9-16,19-22H,7-8H2,1-4H3/b6-5-/t9-,10?,11-,12?,13?,14-,15-,16?,26?/m1/s1. The summed E-state index contributed by atoms with van der Waals surface area (Å²) in [5, 5.41) is 30.9. The number of halogens is 1. The third kappa shape index (κ3) is 5.35. The smallest absolute Gasteiger partial charge is 0.136 e. The highest BCUT2D eigenvalue weighted by Crippen LogP contribution is 2.34. The molecule has 0 aliphatic carbocycles. The van der Waals surface area contributed by atoms with Gasteiger partial charge in [0.15, 0.2) is 0 Å². The van der Waals surface area contributed by atoms with Crippen LogP contribution in [0.5, 0.6) is 0 Å². The van der Waals surface area contributed by atoms with E-state index in [0.29, 0.717) is 0 Å². The number of hydrogen-bond donors (Lipinski definition) is 4. The maximum atomic E-state index is 14.0. The first kappa shape index (κ1) is 22.4. The van der Waals surface area contributed by atoms with Crippen molar-refractivity contribution in [2.45, 2.75) is 80.9 Å². The second-order valence-corrected chi connectivity index (χ2v) is 11.0. The molecule has 9 heteroatoms. The Morgan fingerprint density at radius 1 is 1.23 bits per heavy atom. The molecule has 26 heavy (non-hydrogen) atoms. The van der Waals surface area contributed by atoms with Gasteiger partial charge in [-0.3, -0.25) is 0 Å². The number of ether oxygens (including phenoxy) is 1. The van der Waals surface area contributed by atoms with Crippen LogP contribution in [0.25, 0.3) is 0 Å². The second-order valence-electron chi connectivity index (χ2n) is 7.92. The lowest BCUT2D eigenvalue weighted by molar-refractivity contribution is -0.205. The summed E-state index contributed by atoms with van der Waals surface area (Å²) >= 11 is -0.357. The van der Waals surface area contributed by atoms with Crippen molar-refractivity contribution in [1.82, 2.24) is 4.72 Å². The highest BCUT2D eigenvalue weighted by Gasteiger charge is 2.49. The molecule has 1 fully saturated rings. The lowest BCUT2D eigenvalue weighted by atomic mass is 9.88. The molecule has 2 heterocycles. The van der Waals surface area contributed by atoms with Gasteiger partial charge in [0, 0.05) is 17.1 Å². The van der Waals surface area contributed by atoms with Gasteiger partial charge in [-0.2, -0.15) is 0 Å². The Hall–Kier alpha value is 0.130. The van der Waals surface area contributed by atoms with Crippen LogP contribution in [0, 0.1) is 5.92 Å². The zero-order valence-corrected chi connectivity index (χ0v) is 17.2. The minimum absolute atomic E-state index is 0.113. The van der Waals surface area contributed by atoms with Gasteiger partial charge in [0.25, 0.3) is 0 Å². The summed E-state index contributed by atoms with van der Waals surface area (Å²) in [5.74, 6) is -0.124. The van der Waals surface area contributed by atoms with Gasteiger partial charge in [0.1, 0.15) is 40.8 Å². The summed E-state index contributed by atoms with van der Waals surface area (Å²) in [4.78, 5) is 0. The molecule has 0 spiro atoms. The molecule has 0 saturated carbocycles. The van der Waals surface area contributed by atoms with Gasteiger partial charge in [0.05, 0.1) is 6.04 Å². The summed E-state index contributed by atoms with van der Waals surface area (Å²) < 4.78 is 35.0. The summed E-state index contributed by atoms with van der Waals surface area (Å²) in [6, 6.07) is -0.581. The first-order valence-corrected chi connectivity index (χ1v) is 11.0. The fourth-order valence-electron chi connectivity index (χ4n) is 2.91. The maximum absolute atomic E-state index is 14.0. The quantitative estimate of drug-likeness (QED) is 0.395. The van der Waals surface area contributed by atoms with Crippen molar-refractivity contribution >= 4 is 23.1 Å². The number of fused-ring (bicyclic) bond motifs is 2. The van der Waals surface area contributed by atoms with E-state index >= 15 is 0 Å². The molecule has 0 aromatic rings. The average Bonchev–Trinajstić information content (AvgIpc) is 2.57. The van der Waals surface area contributed by atoms with E-state index in [2.05, 4.69) is 4.72 Å². The Morgan fingerprint density at radius 2 is 1.88 bits per heavy atom. The molecule has 0 aromatic heterocycles. The molecule has 152 valence electrons. The van der Waals surface area contributed by atoms with Crippen LogP contribution in [0.3, 0.4) is 0 Å². The minimum atomic E-state index is -1.43. The third-order valence-corrected chi connectivity index (χ3v) is 7.47. The van der Waals surface area contributed by atoms with Gasteiger partial charge in [-0.25, -0.2) is 4.39 Å². The number of aliphatic hydroxyl groups excluding tert-OH is 3.